The zero-order valence-electron chi connectivity index (χ0n) is 12.0. The summed E-state index contributed by atoms with van der Waals surface area (Å²) in [5, 5.41) is 17.8. The van der Waals surface area contributed by atoms with E-state index in [0.29, 0.717) is 23.7 Å². The molecule has 0 fully saturated rings. The van der Waals surface area contributed by atoms with Crippen LogP contribution in [0, 0.1) is 17.0 Å². The van der Waals surface area contributed by atoms with Gasteiger partial charge in [0.25, 0.3) is 11.6 Å². The molecule has 1 heterocycles. The third-order valence-corrected chi connectivity index (χ3v) is 2.97. The molecule has 0 amide bonds. The van der Waals surface area contributed by atoms with Gasteiger partial charge in [-0.15, -0.1) is 12.4 Å². The van der Waals surface area contributed by atoms with E-state index in [4.69, 9.17) is 4.52 Å². The minimum Gasteiger partial charge on any atom is -0.334 e. The highest BCUT2D eigenvalue weighted by Gasteiger charge is 2.15. The number of aromatic nitrogens is 2. The molecule has 7 nitrogen and oxygen atoms in total. The molecule has 1 aromatic heterocycles. The first kappa shape index (κ1) is 17.1. The van der Waals surface area contributed by atoms with E-state index >= 15 is 0 Å². The van der Waals surface area contributed by atoms with Crippen molar-refractivity contribution in [2.45, 2.75) is 26.3 Å². The van der Waals surface area contributed by atoms with Gasteiger partial charge >= 0.3 is 0 Å². The van der Waals surface area contributed by atoms with E-state index in [1.165, 1.54) is 12.1 Å². The number of halogens is 1. The van der Waals surface area contributed by atoms with Crippen molar-refractivity contribution < 1.29 is 9.45 Å². The Bertz CT molecular complexity index is 630. The number of non-ortho nitro benzene ring substituents is 1. The van der Waals surface area contributed by atoms with Gasteiger partial charge in [0.15, 0.2) is 5.82 Å². The molecule has 8 heteroatoms. The first-order chi connectivity index (χ1) is 9.49. The predicted molar refractivity (Wildman–Crippen MR) is 80.6 cm³/mol. The fraction of sp³-hybridized carbons (Fsp3) is 0.385. The average Bonchev–Trinajstić information content (AvgIpc) is 2.86. The highest BCUT2D eigenvalue weighted by atomic mass is 35.5. The van der Waals surface area contributed by atoms with Gasteiger partial charge in [-0.2, -0.15) is 4.98 Å². The van der Waals surface area contributed by atoms with E-state index in [9.17, 15) is 10.1 Å². The van der Waals surface area contributed by atoms with Crippen LogP contribution in [0.3, 0.4) is 0 Å². The molecule has 0 radical (unpaired) electrons. The molecular formula is C13H17ClN4O3. The van der Waals surface area contributed by atoms with E-state index in [-0.39, 0.29) is 24.1 Å². The summed E-state index contributed by atoms with van der Waals surface area (Å²) in [7, 11) is 1.86. The number of nitro groups is 1. The molecule has 2 aromatic rings. The van der Waals surface area contributed by atoms with Crippen LogP contribution in [0.1, 0.15) is 18.3 Å². The average molecular weight is 313 g/mol. The summed E-state index contributed by atoms with van der Waals surface area (Å²) in [5.74, 6) is 0.876. The van der Waals surface area contributed by atoms with Crippen LogP contribution in [0.2, 0.25) is 0 Å². The molecule has 0 aliphatic rings. The van der Waals surface area contributed by atoms with E-state index in [1.54, 1.807) is 13.0 Å². The smallest absolute Gasteiger partial charge is 0.270 e. The SMILES string of the molecule is CNC(C)Cc1noc(-c2cc(C)cc([N+](=O)[O-])c2)n1.Cl. The van der Waals surface area contributed by atoms with Crippen molar-refractivity contribution in [3.63, 3.8) is 0 Å². The minimum atomic E-state index is -0.434. The normalized spacial score (nSPS) is 11.8. The van der Waals surface area contributed by atoms with Crippen molar-refractivity contribution in [1.82, 2.24) is 15.5 Å². The number of nitro benzene ring substituents is 1. The van der Waals surface area contributed by atoms with Crippen LogP contribution in [-0.2, 0) is 6.42 Å². The molecule has 114 valence electrons. The number of aryl methyl sites for hydroxylation is 1. The van der Waals surface area contributed by atoms with Crippen molar-refractivity contribution >= 4 is 18.1 Å². The zero-order chi connectivity index (χ0) is 14.7. The largest absolute Gasteiger partial charge is 0.334 e. The highest BCUT2D eigenvalue weighted by Crippen LogP contribution is 2.24. The van der Waals surface area contributed by atoms with Gasteiger partial charge in [-0.1, -0.05) is 5.16 Å². The van der Waals surface area contributed by atoms with Gasteiger partial charge in [-0.25, -0.2) is 0 Å². The second-order valence-corrected chi connectivity index (χ2v) is 4.72. The lowest BCUT2D eigenvalue weighted by atomic mass is 10.1. The second-order valence-electron chi connectivity index (χ2n) is 4.72. The van der Waals surface area contributed by atoms with Gasteiger partial charge < -0.3 is 9.84 Å². The van der Waals surface area contributed by atoms with Gasteiger partial charge in [-0.05, 0) is 32.5 Å². The molecule has 1 unspecified atom stereocenters. The summed E-state index contributed by atoms with van der Waals surface area (Å²) in [5.41, 5.74) is 1.36. The molecule has 0 spiro atoms. The van der Waals surface area contributed by atoms with Crippen LogP contribution in [0.25, 0.3) is 11.5 Å². The Morgan fingerprint density at radius 2 is 2.14 bits per heavy atom. The summed E-state index contributed by atoms with van der Waals surface area (Å²) < 4.78 is 5.17. The summed E-state index contributed by atoms with van der Waals surface area (Å²) in [6, 6.07) is 4.95. The van der Waals surface area contributed by atoms with E-state index in [1.807, 2.05) is 14.0 Å². The number of nitrogens with one attached hydrogen (secondary N) is 1. The maximum Gasteiger partial charge on any atom is 0.270 e. The van der Waals surface area contributed by atoms with E-state index < -0.39 is 4.92 Å². The molecular weight excluding hydrogens is 296 g/mol. The van der Waals surface area contributed by atoms with Gasteiger partial charge in [0.05, 0.1) is 4.92 Å². The number of nitrogens with zero attached hydrogens (tertiary/aromatic N) is 3. The maximum atomic E-state index is 10.9. The number of rotatable bonds is 5. The van der Waals surface area contributed by atoms with Crippen LogP contribution in [0.15, 0.2) is 22.7 Å². The molecule has 21 heavy (non-hydrogen) atoms. The maximum absolute atomic E-state index is 10.9. The van der Waals surface area contributed by atoms with Crippen molar-refractivity contribution in [3.05, 3.63) is 39.7 Å². The number of likely N-dealkylation sites (N-methyl/N-ethyl adjacent to an activating group) is 1. The molecule has 0 aliphatic heterocycles. The van der Waals surface area contributed by atoms with E-state index in [2.05, 4.69) is 15.5 Å². The summed E-state index contributed by atoms with van der Waals surface area (Å²) in [4.78, 5) is 14.7. The van der Waals surface area contributed by atoms with Crippen molar-refractivity contribution in [3.8, 4) is 11.5 Å². The monoisotopic (exact) mass is 312 g/mol. The molecule has 1 atom stereocenters. The van der Waals surface area contributed by atoms with Crippen LogP contribution < -0.4 is 5.32 Å². The Morgan fingerprint density at radius 3 is 2.76 bits per heavy atom. The first-order valence-electron chi connectivity index (χ1n) is 6.26. The Hall–Kier alpha value is -1.99. The molecule has 0 aliphatic carbocycles. The third kappa shape index (κ3) is 4.24. The topological polar surface area (TPSA) is 94.1 Å². The summed E-state index contributed by atoms with van der Waals surface area (Å²) in [6.45, 7) is 3.80. The van der Waals surface area contributed by atoms with Gasteiger partial charge in [0.2, 0.25) is 0 Å². The Balaban J connectivity index is 0.00000220. The fourth-order valence-electron chi connectivity index (χ4n) is 1.82. The molecule has 1 N–H and O–H groups in total. The number of hydrogen-bond acceptors (Lipinski definition) is 6. The molecule has 0 saturated carbocycles. The van der Waals surface area contributed by atoms with Gasteiger partial charge in [0, 0.05) is 30.2 Å². The van der Waals surface area contributed by atoms with Crippen molar-refractivity contribution in [2.24, 2.45) is 0 Å². The number of hydrogen-bond donors (Lipinski definition) is 1. The minimum absolute atomic E-state index is 0. The first-order valence-corrected chi connectivity index (χ1v) is 6.26. The van der Waals surface area contributed by atoms with Crippen molar-refractivity contribution in [1.29, 1.82) is 0 Å². The van der Waals surface area contributed by atoms with Crippen LogP contribution in [0.4, 0.5) is 5.69 Å². The van der Waals surface area contributed by atoms with Gasteiger partial charge in [0.1, 0.15) is 0 Å². The fourth-order valence-corrected chi connectivity index (χ4v) is 1.82. The third-order valence-electron chi connectivity index (χ3n) is 2.97. The van der Waals surface area contributed by atoms with E-state index in [0.717, 1.165) is 5.56 Å². The lowest BCUT2D eigenvalue weighted by molar-refractivity contribution is -0.384. The summed E-state index contributed by atoms with van der Waals surface area (Å²) in [6.07, 6.45) is 0.633. The highest BCUT2D eigenvalue weighted by molar-refractivity contribution is 5.85. The lowest BCUT2D eigenvalue weighted by Gasteiger charge is -2.04. The lowest BCUT2D eigenvalue weighted by Crippen LogP contribution is -2.24. The van der Waals surface area contributed by atoms with Gasteiger partial charge in [-0.3, -0.25) is 10.1 Å². The predicted octanol–water partition coefficient (Wildman–Crippen LogP) is 2.53. The Kier molecular flexibility index (Phi) is 5.80. The molecule has 1 aromatic carbocycles. The molecule has 2 rings (SSSR count). The van der Waals surface area contributed by atoms with Crippen molar-refractivity contribution in [2.75, 3.05) is 7.05 Å². The van der Waals surface area contributed by atoms with Crippen LogP contribution in [0.5, 0.6) is 0 Å². The quantitative estimate of drug-likeness (QED) is 0.673. The van der Waals surface area contributed by atoms with Crippen LogP contribution in [-0.4, -0.2) is 28.2 Å². The van der Waals surface area contributed by atoms with Crippen LogP contribution >= 0.6 is 12.4 Å². The second kappa shape index (κ2) is 7.14. The standard InChI is InChI=1S/C13H16N4O3.ClH/c1-8-4-10(7-11(5-8)17(18)19)13-15-12(16-20-13)6-9(2)14-3;/h4-5,7,9,14H,6H2,1-3H3;1H. The Labute approximate surface area is 128 Å². The molecule has 0 bridgehead atoms. The number of benzene rings is 1. The zero-order valence-corrected chi connectivity index (χ0v) is 12.8. The molecule has 0 saturated heterocycles. The Morgan fingerprint density at radius 1 is 1.43 bits per heavy atom. The summed E-state index contributed by atoms with van der Waals surface area (Å²) >= 11 is 0.